The first-order valence-corrected chi connectivity index (χ1v) is 8.43. The molecular formula is C19H26N2. The zero-order valence-electron chi connectivity index (χ0n) is 13.3. The first-order chi connectivity index (χ1) is 10.3. The summed E-state index contributed by atoms with van der Waals surface area (Å²) in [7, 11) is 0. The van der Waals surface area contributed by atoms with Crippen LogP contribution in [0, 0.1) is 0 Å². The molecule has 1 atom stereocenters. The Hall–Kier alpha value is -1.41. The molecule has 0 radical (unpaired) electrons. The minimum Gasteiger partial charge on any atom is -0.300 e. The number of para-hydroxylation sites is 1. The Kier molecular flexibility index (Phi) is 4.54. The molecule has 1 aromatic carbocycles. The van der Waals surface area contributed by atoms with Gasteiger partial charge in [-0.05, 0) is 62.4 Å². The van der Waals surface area contributed by atoms with E-state index in [-0.39, 0.29) is 0 Å². The lowest BCUT2D eigenvalue weighted by molar-refractivity contribution is 0.180. The molecule has 3 rings (SSSR count). The lowest BCUT2D eigenvalue weighted by Gasteiger charge is -2.35. The normalized spacial score (nSPS) is 18.1. The first-order valence-electron chi connectivity index (χ1n) is 8.43. The fourth-order valence-corrected chi connectivity index (χ4v) is 3.74. The number of benzene rings is 1. The topological polar surface area (TPSA) is 16.1 Å². The van der Waals surface area contributed by atoms with Crippen LogP contribution in [0.3, 0.4) is 0 Å². The molecule has 0 spiro atoms. The number of fused-ring (bicyclic) bond motifs is 3. The van der Waals surface area contributed by atoms with E-state index in [1.54, 1.807) is 5.56 Å². The maximum absolute atomic E-state index is 4.66. The van der Waals surface area contributed by atoms with Crippen molar-refractivity contribution in [2.75, 3.05) is 13.1 Å². The van der Waals surface area contributed by atoms with E-state index in [2.05, 4.69) is 54.2 Å². The minimum atomic E-state index is 0.709. The third kappa shape index (κ3) is 2.96. The zero-order valence-corrected chi connectivity index (χ0v) is 13.3. The van der Waals surface area contributed by atoms with Crippen LogP contribution in [0.15, 0.2) is 30.5 Å². The molecular weight excluding hydrogens is 256 g/mol. The quantitative estimate of drug-likeness (QED) is 0.816. The van der Waals surface area contributed by atoms with Crippen molar-refractivity contribution < 1.29 is 0 Å². The molecule has 0 saturated carbocycles. The molecule has 112 valence electrons. The van der Waals surface area contributed by atoms with Gasteiger partial charge in [-0.2, -0.15) is 0 Å². The summed E-state index contributed by atoms with van der Waals surface area (Å²) in [5.41, 5.74) is 4.17. The molecule has 1 aliphatic rings. The second-order valence-electron chi connectivity index (χ2n) is 6.21. The second-order valence-corrected chi connectivity index (χ2v) is 6.21. The second kappa shape index (κ2) is 6.57. The third-order valence-corrected chi connectivity index (χ3v) is 4.70. The molecule has 0 bridgehead atoms. The SMILES string of the molecule is CCCN(CCC)C1CCc2c(cnc3ccccc23)C1. The minimum absolute atomic E-state index is 0.709. The summed E-state index contributed by atoms with van der Waals surface area (Å²) in [4.78, 5) is 7.35. The van der Waals surface area contributed by atoms with Crippen LogP contribution < -0.4 is 0 Å². The molecule has 0 saturated heterocycles. The zero-order chi connectivity index (χ0) is 14.7. The van der Waals surface area contributed by atoms with E-state index in [9.17, 15) is 0 Å². The summed E-state index contributed by atoms with van der Waals surface area (Å²) in [5, 5.41) is 1.37. The highest BCUT2D eigenvalue weighted by molar-refractivity contribution is 5.83. The number of aryl methyl sites for hydroxylation is 1. The molecule has 1 aliphatic carbocycles. The molecule has 0 fully saturated rings. The number of aromatic nitrogens is 1. The van der Waals surface area contributed by atoms with E-state index in [0.717, 1.165) is 5.52 Å². The van der Waals surface area contributed by atoms with Crippen LogP contribution in [0.25, 0.3) is 10.9 Å². The molecule has 2 nitrogen and oxygen atoms in total. The highest BCUT2D eigenvalue weighted by atomic mass is 15.1. The van der Waals surface area contributed by atoms with Gasteiger partial charge in [-0.15, -0.1) is 0 Å². The number of rotatable bonds is 5. The van der Waals surface area contributed by atoms with E-state index in [0.29, 0.717) is 6.04 Å². The lowest BCUT2D eigenvalue weighted by atomic mass is 9.86. The van der Waals surface area contributed by atoms with Gasteiger partial charge in [0.1, 0.15) is 0 Å². The van der Waals surface area contributed by atoms with Gasteiger partial charge in [0.25, 0.3) is 0 Å². The van der Waals surface area contributed by atoms with Gasteiger partial charge in [0.15, 0.2) is 0 Å². The molecule has 1 unspecified atom stereocenters. The molecule has 0 N–H and O–H groups in total. The maximum Gasteiger partial charge on any atom is 0.0704 e. The third-order valence-electron chi connectivity index (χ3n) is 4.70. The van der Waals surface area contributed by atoms with Gasteiger partial charge in [-0.3, -0.25) is 4.98 Å². The summed E-state index contributed by atoms with van der Waals surface area (Å²) < 4.78 is 0. The molecule has 2 heteroatoms. The van der Waals surface area contributed by atoms with Gasteiger partial charge in [0.05, 0.1) is 5.52 Å². The summed E-state index contributed by atoms with van der Waals surface area (Å²) in [6, 6.07) is 9.29. The molecule has 0 amide bonds. The van der Waals surface area contributed by atoms with Crippen LogP contribution in [-0.2, 0) is 12.8 Å². The summed E-state index contributed by atoms with van der Waals surface area (Å²) in [6.45, 7) is 7.03. The van der Waals surface area contributed by atoms with Gasteiger partial charge in [0.2, 0.25) is 0 Å². The fraction of sp³-hybridized carbons (Fsp3) is 0.526. The predicted octanol–water partition coefficient (Wildman–Crippen LogP) is 4.21. The van der Waals surface area contributed by atoms with Crippen LogP contribution in [-0.4, -0.2) is 29.0 Å². The monoisotopic (exact) mass is 282 g/mol. The van der Waals surface area contributed by atoms with Crippen molar-refractivity contribution in [2.24, 2.45) is 0 Å². The van der Waals surface area contributed by atoms with Crippen LogP contribution in [0.5, 0.6) is 0 Å². The Labute approximate surface area is 128 Å². The summed E-state index contributed by atoms with van der Waals surface area (Å²) in [5.74, 6) is 0. The Morgan fingerprint density at radius 2 is 1.90 bits per heavy atom. The molecule has 2 aromatic rings. The number of hydrogen-bond donors (Lipinski definition) is 0. The van der Waals surface area contributed by atoms with E-state index < -0.39 is 0 Å². The van der Waals surface area contributed by atoms with Gasteiger partial charge in [-0.1, -0.05) is 32.0 Å². The van der Waals surface area contributed by atoms with Crippen LogP contribution in [0.1, 0.15) is 44.2 Å². The Morgan fingerprint density at radius 1 is 1.14 bits per heavy atom. The predicted molar refractivity (Wildman–Crippen MR) is 89.7 cm³/mol. The van der Waals surface area contributed by atoms with Crippen LogP contribution in [0.4, 0.5) is 0 Å². The van der Waals surface area contributed by atoms with Crippen molar-refractivity contribution in [1.82, 2.24) is 9.88 Å². The van der Waals surface area contributed by atoms with Crippen molar-refractivity contribution >= 4 is 10.9 Å². The average Bonchev–Trinajstić information content (AvgIpc) is 2.54. The van der Waals surface area contributed by atoms with Gasteiger partial charge in [-0.25, -0.2) is 0 Å². The first kappa shape index (κ1) is 14.5. The van der Waals surface area contributed by atoms with E-state index in [1.165, 1.54) is 56.1 Å². The van der Waals surface area contributed by atoms with E-state index in [4.69, 9.17) is 0 Å². The molecule has 1 aromatic heterocycles. The van der Waals surface area contributed by atoms with Gasteiger partial charge < -0.3 is 4.90 Å². The van der Waals surface area contributed by atoms with E-state index >= 15 is 0 Å². The standard InChI is InChI=1S/C19H26N2/c1-3-11-21(12-4-2)16-9-10-17-15(13-16)14-20-19-8-6-5-7-18(17)19/h5-8,14,16H,3-4,9-13H2,1-2H3. The fourth-order valence-electron chi connectivity index (χ4n) is 3.74. The lowest BCUT2D eigenvalue weighted by Crippen LogP contribution is -2.40. The van der Waals surface area contributed by atoms with Gasteiger partial charge >= 0.3 is 0 Å². The number of hydrogen-bond acceptors (Lipinski definition) is 2. The summed E-state index contributed by atoms with van der Waals surface area (Å²) >= 11 is 0. The molecule has 21 heavy (non-hydrogen) atoms. The van der Waals surface area contributed by atoms with Crippen molar-refractivity contribution in [1.29, 1.82) is 0 Å². The van der Waals surface area contributed by atoms with Crippen molar-refractivity contribution in [3.8, 4) is 0 Å². The smallest absolute Gasteiger partial charge is 0.0704 e. The van der Waals surface area contributed by atoms with E-state index in [1.807, 2.05) is 0 Å². The number of pyridine rings is 1. The maximum atomic E-state index is 4.66. The highest BCUT2D eigenvalue weighted by Gasteiger charge is 2.24. The van der Waals surface area contributed by atoms with Crippen LogP contribution in [0.2, 0.25) is 0 Å². The highest BCUT2D eigenvalue weighted by Crippen LogP contribution is 2.29. The van der Waals surface area contributed by atoms with Crippen molar-refractivity contribution in [2.45, 2.75) is 52.0 Å². The number of nitrogens with zero attached hydrogens (tertiary/aromatic N) is 2. The summed E-state index contributed by atoms with van der Waals surface area (Å²) in [6.07, 6.45) is 8.29. The Bertz CT molecular complexity index is 600. The van der Waals surface area contributed by atoms with Crippen molar-refractivity contribution in [3.05, 3.63) is 41.6 Å². The molecule has 0 aliphatic heterocycles. The molecule has 1 heterocycles. The average molecular weight is 282 g/mol. The van der Waals surface area contributed by atoms with Crippen molar-refractivity contribution in [3.63, 3.8) is 0 Å². The Morgan fingerprint density at radius 3 is 2.67 bits per heavy atom. The Balaban J connectivity index is 1.87. The van der Waals surface area contributed by atoms with Crippen LogP contribution >= 0.6 is 0 Å². The van der Waals surface area contributed by atoms with Gasteiger partial charge in [0, 0.05) is 17.6 Å². The largest absolute Gasteiger partial charge is 0.300 e.